The van der Waals surface area contributed by atoms with Crippen molar-refractivity contribution in [1.82, 2.24) is 0 Å². The molecule has 0 unspecified atom stereocenters. The van der Waals surface area contributed by atoms with E-state index in [4.69, 9.17) is 4.43 Å². The van der Waals surface area contributed by atoms with Gasteiger partial charge in [0.05, 0.1) is 0 Å². The van der Waals surface area contributed by atoms with Crippen LogP contribution in [0.1, 0.15) is 17.5 Å². The van der Waals surface area contributed by atoms with Gasteiger partial charge in [-0.3, -0.25) is 0 Å². The van der Waals surface area contributed by atoms with Crippen LogP contribution in [0.15, 0.2) is 42.7 Å². The number of allylic oxidation sites excluding steroid dienone is 2. The molecule has 0 aromatic heterocycles. The highest BCUT2D eigenvalue weighted by Crippen LogP contribution is 2.32. The summed E-state index contributed by atoms with van der Waals surface area (Å²) in [6.45, 7) is 10.7. The maximum atomic E-state index is 6.01. The molecule has 1 aromatic carbocycles. The van der Waals surface area contributed by atoms with E-state index in [0.29, 0.717) is 0 Å². The highest BCUT2D eigenvalue weighted by atomic mass is 28.4. The van der Waals surface area contributed by atoms with E-state index in [1.165, 1.54) is 16.7 Å². The van der Waals surface area contributed by atoms with Gasteiger partial charge in [-0.25, -0.2) is 0 Å². The largest absolute Gasteiger partial charge is 0.544 e. The molecule has 2 heteroatoms. The van der Waals surface area contributed by atoms with Crippen LogP contribution in [0.25, 0.3) is 5.57 Å². The zero-order valence-corrected chi connectivity index (χ0v) is 11.9. The molecular weight excluding hydrogens is 224 g/mol. The molecule has 0 bridgehead atoms. The number of fused-ring (bicyclic) bond motifs is 1. The first-order chi connectivity index (χ1) is 7.97. The first kappa shape index (κ1) is 12.2. The third kappa shape index (κ3) is 2.89. The normalized spacial score (nSPS) is 14.9. The summed E-state index contributed by atoms with van der Waals surface area (Å²) in [6, 6.07) is 8.55. The van der Waals surface area contributed by atoms with E-state index in [1.54, 1.807) is 0 Å². The fraction of sp³-hybridized carbons (Fsp3) is 0.333. The van der Waals surface area contributed by atoms with Crippen molar-refractivity contribution in [3.63, 3.8) is 0 Å². The molecule has 0 fully saturated rings. The summed E-state index contributed by atoms with van der Waals surface area (Å²) in [5.41, 5.74) is 3.89. The van der Waals surface area contributed by atoms with Crippen molar-refractivity contribution in [1.29, 1.82) is 0 Å². The lowest BCUT2D eigenvalue weighted by atomic mass is 9.90. The third-order valence-electron chi connectivity index (χ3n) is 2.80. The second kappa shape index (κ2) is 4.53. The Labute approximate surface area is 105 Å². The fourth-order valence-electron chi connectivity index (χ4n) is 2.17. The van der Waals surface area contributed by atoms with Gasteiger partial charge in [-0.1, -0.05) is 36.9 Å². The van der Waals surface area contributed by atoms with Gasteiger partial charge in [0.25, 0.3) is 0 Å². The van der Waals surface area contributed by atoms with Crippen LogP contribution in [-0.4, -0.2) is 8.32 Å². The number of hydrogen-bond acceptors (Lipinski definition) is 1. The molecule has 2 rings (SSSR count). The molecule has 90 valence electrons. The minimum Gasteiger partial charge on any atom is -0.544 e. The molecule has 1 aliphatic rings. The fourth-order valence-corrected chi connectivity index (χ4v) is 3.02. The van der Waals surface area contributed by atoms with E-state index in [1.807, 2.05) is 0 Å². The first-order valence-corrected chi connectivity index (χ1v) is 9.55. The molecule has 0 spiro atoms. The maximum absolute atomic E-state index is 6.01. The van der Waals surface area contributed by atoms with Crippen molar-refractivity contribution in [2.24, 2.45) is 0 Å². The minimum atomic E-state index is -1.57. The SMILES string of the molecule is C=C(O[Si](C)(C)C)C1=CCCc2ccccc21. The molecule has 1 aromatic rings. The summed E-state index contributed by atoms with van der Waals surface area (Å²) in [5, 5.41) is 0. The average molecular weight is 244 g/mol. The topological polar surface area (TPSA) is 9.23 Å². The lowest BCUT2D eigenvalue weighted by Crippen LogP contribution is -2.25. The van der Waals surface area contributed by atoms with Crippen LogP contribution in [0.2, 0.25) is 19.6 Å². The van der Waals surface area contributed by atoms with Gasteiger partial charge in [-0.15, -0.1) is 0 Å². The van der Waals surface area contributed by atoms with E-state index in [9.17, 15) is 0 Å². The van der Waals surface area contributed by atoms with Gasteiger partial charge in [0.2, 0.25) is 8.32 Å². The van der Waals surface area contributed by atoms with E-state index < -0.39 is 8.32 Å². The van der Waals surface area contributed by atoms with Crippen molar-refractivity contribution in [2.45, 2.75) is 32.5 Å². The number of hydrogen-bond donors (Lipinski definition) is 0. The molecule has 0 aliphatic heterocycles. The maximum Gasteiger partial charge on any atom is 0.242 e. The van der Waals surface area contributed by atoms with E-state index in [2.05, 4.69) is 56.6 Å². The molecule has 17 heavy (non-hydrogen) atoms. The summed E-state index contributed by atoms with van der Waals surface area (Å²) in [7, 11) is -1.57. The zero-order chi connectivity index (χ0) is 12.5. The van der Waals surface area contributed by atoms with Gasteiger partial charge < -0.3 is 4.43 Å². The van der Waals surface area contributed by atoms with Crippen LogP contribution >= 0.6 is 0 Å². The van der Waals surface area contributed by atoms with Gasteiger partial charge in [0.1, 0.15) is 5.76 Å². The molecule has 1 nitrogen and oxygen atoms in total. The Morgan fingerprint density at radius 2 is 1.94 bits per heavy atom. The van der Waals surface area contributed by atoms with Crippen molar-refractivity contribution in [3.8, 4) is 0 Å². The Bertz CT molecular complexity index is 466. The summed E-state index contributed by atoms with van der Waals surface area (Å²) in [4.78, 5) is 0. The molecule has 0 atom stereocenters. The number of benzene rings is 1. The van der Waals surface area contributed by atoms with Crippen LogP contribution < -0.4 is 0 Å². The third-order valence-corrected chi connectivity index (χ3v) is 3.66. The quantitative estimate of drug-likeness (QED) is 0.566. The van der Waals surface area contributed by atoms with Gasteiger partial charge >= 0.3 is 0 Å². The van der Waals surface area contributed by atoms with Gasteiger partial charge in [-0.05, 0) is 43.6 Å². The zero-order valence-electron chi connectivity index (χ0n) is 10.9. The Hall–Kier alpha value is -1.28. The molecule has 0 saturated carbocycles. The molecule has 1 aliphatic carbocycles. The summed E-state index contributed by atoms with van der Waals surface area (Å²) in [5.74, 6) is 0.844. The summed E-state index contributed by atoms with van der Waals surface area (Å²) >= 11 is 0. The van der Waals surface area contributed by atoms with E-state index in [-0.39, 0.29) is 0 Å². The number of rotatable bonds is 3. The van der Waals surface area contributed by atoms with Crippen LogP contribution in [0.5, 0.6) is 0 Å². The first-order valence-electron chi connectivity index (χ1n) is 6.14. The molecule has 0 saturated heterocycles. The Morgan fingerprint density at radius 3 is 2.65 bits per heavy atom. The predicted molar refractivity (Wildman–Crippen MR) is 76.3 cm³/mol. The molecular formula is C15H20OSi. The van der Waals surface area contributed by atoms with Gasteiger partial charge in [0.15, 0.2) is 0 Å². The van der Waals surface area contributed by atoms with Crippen LogP contribution in [0.4, 0.5) is 0 Å². The van der Waals surface area contributed by atoms with Gasteiger partial charge in [-0.2, -0.15) is 0 Å². The van der Waals surface area contributed by atoms with E-state index in [0.717, 1.165) is 18.6 Å². The second-order valence-corrected chi connectivity index (χ2v) is 9.88. The highest BCUT2D eigenvalue weighted by Gasteiger charge is 2.21. The predicted octanol–water partition coefficient (Wildman–Crippen LogP) is 4.38. The Morgan fingerprint density at radius 1 is 1.24 bits per heavy atom. The van der Waals surface area contributed by atoms with Crippen LogP contribution in [0, 0.1) is 0 Å². The Balaban J connectivity index is 2.28. The standard InChI is InChI=1S/C15H20OSi/c1-12(16-17(2,3)4)14-11-7-9-13-8-5-6-10-15(13)14/h5-6,8,10-11H,1,7,9H2,2-4H3. The molecule has 0 N–H and O–H groups in total. The lowest BCUT2D eigenvalue weighted by molar-refractivity contribution is 0.448. The Kier molecular flexibility index (Phi) is 3.25. The van der Waals surface area contributed by atoms with Gasteiger partial charge in [0, 0.05) is 5.57 Å². The van der Waals surface area contributed by atoms with Crippen molar-refractivity contribution >= 4 is 13.9 Å². The molecule has 0 amide bonds. The highest BCUT2D eigenvalue weighted by molar-refractivity contribution is 6.70. The molecule has 0 radical (unpaired) electrons. The van der Waals surface area contributed by atoms with E-state index >= 15 is 0 Å². The lowest BCUT2D eigenvalue weighted by Gasteiger charge is -2.25. The van der Waals surface area contributed by atoms with Crippen molar-refractivity contribution < 1.29 is 4.43 Å². The minimum absolute atomic E-state index is 0.844. The molecule has 0 heterocycles. The van der Waals surface area contributed by atoms with Crippen LogP contribution in [0.3, 0.4) is 0 Å². The smallest absolute Gasteiger partial charge is 0.242 e. The van der Waals surface area contributed by atoms with Crippen molar-refractivity contribution in [3.05, 3.63) is 53.8 Å². The number of aryl methyl sites for hydroxylation is 1. The summed E-state index contributed by atoms with van der Waals surface area (Å²) < 4.78 is 6.01. The average Bonchev–Trinajstić information content (AvgIpc) is 2.26. The van der Waals surface area contributed by atoms with Crippen molar-refractivity contribution in [2.75, 3.05) is 0 Å². The summed E-state index contributed by atoms with van der Waals surface area (Å²) in [6.07, 6.45) is 4.46. The van der Waals surface area contributed by atoms with Crippen LogP contribution in [-0.2, 0) is 10.8 Å². The second-order valence-electron chi connectivity index (χ2n) is 5.45. The monoisotopic (exact) mass is 244 g/mol.